The second-order valence-electron chi connectivity index (χ2n) is 20.5. The predicted molar refractivity (Wildman–Crippen MR) is 299 cm³/mol. The van der Waals surface area contributed by atoms with E-state index in [1.165, 1.54) is 9.80 Å². The van der Waals surface area contributed by atoms with Crippen molar-refractivity contribution < 1.29 is 63.0 Å². The van der Waals surface area contributed by atoms with Crippen molar-refractivity contribution in [1.82, 2.24) is 52.0 Å². The topological polar surface area (TPSA) is 413 Å². The Morgan fingerprint density at radius 2 is 1.33 bits per heavy atom. The van der Waals surface area contributed by atoms with E-state index in [9.17, 15) is 63.0 Å². The predicted octanol–water partition coefficient (Wildman–Crippen LogP) is -2.66. The number of carboxylic acid groups (broad SMARTS) is 1. The van der Waals surface area contributed by atoms with Crippen molar-refractivity contribution in [2.75, 3.05) is 38.5 Å². The summed E-state index contributed by atoms with van der Waals surface area (Å²) in [5.74, 6) is -9.56. The summed E-state index contributed by atoms with van der Waals surface area (Å²) in [6.07, 6.45) is 3.00. The van der Waals surface area contributed by atoms with Gasteiger partial charge >= 0.3 is 5.97 Å². The van der Waals surface area contributed by atoms with Crippen molar-refractivity contribution in [1.29, 1.82) is 0 Å². The van der Waals surface area contributed by atoms with Crippen LogP contribution in [-0.4, -0.2) is 183 Å². The highest BCUT2D eigenvalue weighted by Gasteiger charge is 2.45. The number of para-hydroxylation sites is 1. The van der Waals surface area contributed by atoms with Crippen molar-refractivity contribution >= 4 is 88.6 Å². The van der Waals surface area contributed by atoms with E-state index in [0.29, 0.717) is 43.4 Å². The maximum atomic E-state index is 14.7. The average Bonchev–Trinajstić information content (AvgIpc) is 4.30. The first-order valence-electron chi connectivity index (χ1n) is 27.1. The van der Waals surface area contributed by atoms with Crippen LogP contribution < -0.4 is 54.4 Å². The molecule has 2 aliphatic rings. The second-order valence-corrected chi connectivity index (χ2v) is 20.9. The number of aliphatic carboxylic acids is 1. The zero-order chi connectivity index (χ0) is 59.3. The minimum absolute atomic E-state index is 0.0110. The third-order valence-electron chi connectivity index (χ3n) is 14.2. The van der Waals surface area contributed by atoms with Crippen molar-refractivity contribution in [3.63, 3.8) is 0 Å². The second kappa shape index (κ2) is 31.4. The molecule has 442 valence electrons. The van der Waals surface area contributed by atoms with Gasteiger partial charge < -0.3 is 79.4 Å². The molecule has 26 nitrogen and oxygen atoms in total. The number of carbonyl (C=O) groups excluding carboxylic acids is 10. The van der Waals surface area contributed by atoms with Crippen molar-refractivity contribution in [3.05, 3.63) is 71.9 Å². The Kier molecular flexibility index (Phi) is 24.9. The molecule has 0 aliphatic carbocycles. The molecular weight excluding hydrogens is 1070 g/mol. The minimum Gasteiger partial charge on any atom is -0.480 e. The van der Waals surface area contributed by atoms with Crippen molar-refractivity contribution in [3.8, 4) is 0 Å². The maximum absolute atomic E-state index is 14.7. The van der Waals surface area contributed by atoms with Crippen LogP contribution in [0.15, 0.2) is 60.8 Å². The number of aliphatic hydroxyl groups excluding tert-OH is 1. The molecule has 2 saturated heterocycles. The first-order valence-corrected chi connectivity index (χ1v) is 27.8. The van der Waals surface area contributed by atoms with Gasteiger partial charge in [-0.3, -0.25) is 47.9 Å². The largest absolute Gasteiger partial charge is 0.480 e. The number of nitrogens with one attached hydrogen (secondary N) is 8. The number of hydrogen-bond acceptors (Lipinski definition) is 15. The molecule has 0 bridgehead atoms. The summed E-state index contributed by atoms with van der Waals surface area (Å²) in [4.78, 5) is 155. The van der Waals surface area contributed by atoms with E-state index in [-0.39, 0.29) is 63.8 Å². The highest BCUT2D eigenvalue weighted by molar-refractivity contribution is 7.80. The monoisotopic (exact) mass is 1150 g/mol. The van der Waals surface area contributed by atoms with Crippen LogP contribution in [0, 0.1) is 5.92 Å². The standard InChI is InChI=1S/C54H77N13O13S/c1-30(2)45(51(76)61-36(19-20-43(57)69)47(72)62-37(54(79)80)16-8-9-21-55)65-48(73)38(25-32-26-58-35-15-7-6-14-33(32)35)63-50(75)41-17-10-22-66(41)53(78)42-18-11-23-67(42)52(77)39(24-31-12-4-3-5-13-31)64-49(74)40(28-68)60-44(70)27-59-46(71)34(56)29-81/h3-7,12-15,26,30,34,36-42,45,58,68,81H,8-11,16-25,27-29,55-56H2,1-2H3,(H2,57,69)(H,59,71)(H,60,70)(H,61,76)(H,62,72)(H,63,75)(H,64,74)(H,65,73)(H,79,80)/t34-,36-,37-,38-,39-,40-,41-,42-,45-/m0/s1. The van der Waals surface area contributed by atoms with E-state index >= 15 is 0 Å². The molecule has 81 heavy (non-hydrogen) atoms. The highest BCUT2D eigenvalue weighted by Crippen LogP contribution is 2.27. The highest BCUT2D eigenvalue weighted by atomic mass is 32.1. The maximum Gasteiger partial charge on any atom is 0.326 e. The summed E-state index contributed by atoms with van der Waals surface area (Å²) >= 11 is 3.96. The molecule has 2 fully saturated rings. The lowest BCUT2D eigenvalue weighted by atomic mass is 9.99. The molecular formula is C54H77N13O13S. The van der Waals surface area contributed by atoms with Gasteiger partial charge in [-0.2, -0.15) is 12.6 Å². The van der Waals surface area contributed by atoms with Gasteiger partial charge in [0.1, 0.15) is 48.3 Å². The first kappa shape index (κ1) is 64.2. The van der Waals surface area contributed by atoms with Crippen LogP contribution >= 0.6 is 12.6 Å². The molecule has 9 atom stereocenters. The third-order valence-corrected chi connectivity index (χ3v) is 14.6. The number of likely N-dealkylation sites (tertiary alicyclic amines) is 2. The summed E-state index contributed by atoms with van der Waals surface area (Å²) in [6, 6.07) is 4.47. The summed E-state index contributed by atoms with van der Waals surface area (Å²) < 4.78 is 0. The van der Waals surface area contributed by atoms with Crippen LogP contribution in [-0.2, 0) is 65.6 Å². The fourth-order valence-electron chi connectivity index (χ4n) is 9.75. The van der Waals surface area contributed by atoms with Gasteiger partial charge in [-0.1, -0.05) is 62.4 Å². The number of H-pyrrole nitrogens is 1. The Labute approximate surface area is 474 Å². The number of fused-ring (bicyclic) bond motifs is 1. The Balaban J connectivity index is 1.35. The normalized spacial score (nSPS) is 17.6. The van der Waals surface area contributed by atoms with Crippen molar-refractivity contribution in [2.24, 2.45) is 23.1 Å². The summed E-state index contributed by atoms with van der Waals surface area (Å²) in [5.41, 5.74) is 18.6. The molecule has 3 aromatic rings. The number of amides is 10. The quantitative estimate of drug-likeness (QED) is 0.0231. The van der Waals surface area contributed by atoms with Gasteiger partial charge in [0.15, 0.2) is 0 Å². The van der Waals surface area contributed by atoms with Crippen LogP contribution in [0.1, 0.15) is 82.8 Å². The van der Waals surface area contributed by atoms with Crippen LogP contribution in [0.4, 0.5) is 0 Å². The van der Waals surface area contributed by atoms with E-state index < -0.39 is 138 Å². The number of primary amides is 1. The summed E-state index contributed by atoms with van der Waals surface area (Å²) in [7, 11) is 0. The van der Waals surface area contributed by atoms with Gasteiger partial charge in [0.2, 0.25) is 59.1 Å². The lowest BCUT2D eigenvalue weighted by Gasteiger charge is -2.33. The van der Waals surface area contributed by atoms with Gasteiger partial charge in [-0.15, -0.1) is 0 Å². The van der Waals surface area contributed by atoms with Crippen LogP contribution in [0.2, 0.25) is 0 Å². The molecule has 27 heteroatoms. The zero-order valence-electron chi connectivity index (χ0n) is 45.5. The molecule has 0 unspecified atom stereocenters. The number of rotatable bonds is 31. The van der Waals surface area contributed by atoms with Gasteiger partial charge in [0, 0.05) is 55.2 Å². The average molecular weight is 1150 g/mol. The Morgan fingerprint density at radius 3 is 1.99 bits per heavy atom. The van der Waals surface area contributed by atoms with Crippen LogP contribution in [0.5, 0.6) is 0 Å². The first-order chi connectivity index (χ1) is 38.7. The minimum atomic E-state index is -1.55. The summed E-state index contributed by atoms with van der Waals surface area (Å²) in [6.45, 7) is 2.36. The molecule has 5 rings (SSSR count). The number of aromatic nitrogens is 1. The fraction of sp³-hybridized carbons (Fsp3) is 0.537. The van der Waals surface area contributed by atoms with E-state index in [0.717, 1.165) is 10.9 Å². The molecule has 1 aromatic heterocycles. The van der Waals surface area contributed by atoms with Crippen molar-refractivity contribution in [2.45, 2.75) is 139 Å². The molecule has 10 amide bonds. The smallest absolute Gasteiger partial charge is 0.326 e. The number of nitrogens with two attached hydrogens (primary N) is 3. The number of thiol groups is 1. The zero-order valence-corrected chi connectivity index (χ0v) is 46.4. The molecule has 2 aliphatic heterocycles. The van der Waals surface area contributed by atoms with Crippen LogP contribution in [0.3, 0.4) is 0 Å². The summed E-state index contributed by atoms with van der Waals surface area (Å²) in [5, 5.41) is 38.6. The molecule has 3 heterocycles. The van der Waals surface area contributed by atoms with E-state index in [1.807, 2.05) is 18.2 Å². The Morgan fingerprint density at radius 1 is 0.704 bits per heavy atom. The van der Waals surface area contributed by atoms with E-state index in [2.05, 4.69) is 54.8 Å². The molecule has 16 N–H and O–H groups in total. The number of carbonyl (C=O) groups is 11. The van der Waals surface area contributed by atoms with Gasteiger partial charge in [0.25, 0.3) is 0 Å². The number of aliphatic hydroxyl groups is 1. The molecule has 2 aromatic carbocycles. The number of benzene rings is 2. The SMILES string of the molecule is CC(C)[C@H](NC(=O)[C@H](Cc1c[nH]c2ccccc12)NC(=O)[C@@H]1CCCN1C(=O)[C@@H]1CCCN1C(=O)[C@H](Cc1ccccc1)NC(=O)[C@H](CO)NC(=O)CNC(=O)[C@@H](N)CS)C(=O)N[C@@H](CCC(N)=O)C(=O)N[C@@H](CCCCN)C(=O)O. The number of carboxylic acids is 1. The lowest BCUT2D eigenvalue weighted by Crippen LogP contribution is -2.61. The number of unbranched alkanes of at least 4 members (excludes halogenated alkanes) is 1. The number of aromatic amines is 1. The lowest BCUT2D eigenvalue weighted by molar-refractivity contribution is -0.148. The molecule has 0 radical (unpaired) electrons. The molecule has 0 saturated carbocycles. The Bertz CT molecular complexity index is 2710. The van der Waals surface area contributed by atoms with Gasteiger partial charge in [0.05, 0.1) is 19.2 Å². The molecule has 0 spiro atoms. The number of hydrogen-bond donors (Lipinski definition) is 14. The third kappa shape index (κ3) is 18.5. The van der Waals surface area contributed by atoms with E-state index in [4.69, 9.17) is 17.2 Å². The fourth-order valence-corrected chi connectivity index (χ4v) is 9.92. The van der Waals surface area contributed by atoms with Gasteiger partial charge in [-0.25, -0.2) is 4.79 Å². The number of nitrogens with zero attached hydrogens (tertiary/aromatic N) is 2. The Hall–Kier alpha value is -7.62. The van der Waals surface area contributed by atoms with E-state index in [1.54, 1.807) is 56.4 Å². The van der Waals surface area contributed by atoms with Crippen LogP contribution in [0.25, 0.3) is 10.9 Å². The van der Waals surface area contributed by atoms with Gasteiger partial charge in [-0.05, 0) is 81.0 Å².